The van der Waals surface area contributed by atoms with Gasteiger partial charge in [-0.2, -0.15) is 0 Å². The number of carbonyl (C=O) groups is 3. The second-order valence-corrected chi connectivity index (χ2v) is 7.79. The molecule has 1 aliphatic rings. The molecule has 3 heterocycles. The number of H-pyrrole nitrogens is 1. The van der Waals surface area contributed by atoms with Gasteiger partial charge in [0.15, 0.2) is 5.76 Å². The number of nitrogens with two attached hydrogens (primary N) is 1. The Bertz CT molecular complexity index is 1330. The molecular formula is C24H21N5O4. The molecule has 2 aromatic heterocycles. The summed E-state index contributed by atoms with van der Waals surface area (Å²) in [4.78, 5) is 48.1. The molecule has 9 heteroatoms. The molecule has 5 rings (SSSR count). The van der Waals surface area contributed by atoms with E-state index in [1.165, 1.54) is 6.26 Å². The number of carbonyl (C=O) groups excluding carboxylic acids is 3. The first-order valence-electron chi connectivity index (χ1n) is 10.5. The minimum Gasteiger partial charge on any atom is -0.459 e. The smallest absolute Gasteiger partial charge is 0.289 e. The van der Waals surface area contributed by atoms with Crippen molar-refractivity contribution in [1.29, 1.82) is 0 Å². The van der Waals surface area contributed by atoms with Gasteiger partial charge in [-0.1, -0.05) is 18.2 Å². The number of aromatic amines is 1. The first-order chi connectivity index (χ1) is 16.0. The van der Waals surface area contributed by atoms with Gasteiger partial charge in [0.1, 0.15) is 11.3 Å². The Kier molecular flexibility index (Phi) is 5.14. The summed E-state index contributed by atoms with van der Waals surface area (Å²) in [5, 5.41) is 0. The first kappa shape index (κ1) is 20.5. The number of imidazole rings is 1. The maximum absolute atomic E-state index is 12.9. The molecule has 9 nitrogen and oxygen atoms in total. The lowest BCUT2D eigenvalue weighted by molar-refractivity contribution is 0.0518. The van der Waals surface area contributed by atoms with Gasteiger partial charge in [-0.15, -0.1) is 0 Å². The highest BCUT2D eigenvalue weighted by Gasteiger charge is 2.26. The molecule has 33 heavy (non-hydrogen) atoms. The number of rotatable bonds is 4. The number of para-hydroxylation sites is 1. The Morgan fingerprint density at radius 3 is 2.21 bits per heavy atom. The lowest BCUT2D eigenvalue weighted by Crippen LogP contribution is -2.50. The SMILES string of the molecule is NC(=O)c1cccc2[nH]c(-c3ccc(C(=O)N4CCN(C(=O)c5ccco5)CC4)cc3)nc12. The van der Waals surface area contributed by atoms with Crippen LogP contribution >= 0.6 is 0 Å². The summed E-state index contributed by atoms with van der Waals surface area (Å²) >= 11 is 0. The molecule has 1 fully saturated rings. The molecule has 1 aliphatic heterocycles. The second kappa shape index (κ2) is 8.27. The minimum absolute atomic E-state index is 0.0905. The van der Waals surface area contributed by atoms with Gasteiger partial charge >= 0.3 is 0 Å². The molecule has 4 aromatic rings. The van der Waals surface area contributed by atoms with E-state index < -0.39 is 5.91 Å². The van der Waals surface area contributed by atoms with Crippen LogP contribution in [0, 0.1) is 0 Å². The Balaban J connectivity index is 1.28. The van der Waals surface area contributed by atoms with Crippen molar-refractivity contribution in [3.05, 3.63) is 77.7 Å². The quantitative estimate of drug-likeness (QED) is 0.501. The zero-order chi connectivity index (χ0) is 22.9. The van der Waals surface area contributed by atoms with E-state index in [1.807, 2.05) is 18.2 Å². The molecule has 3 N–H and O–H groups in total. The summed E-state index contributed by atoms with van der Waals surface area (Å²) in [6.45, 7) is 1.80. The number of fused-ring (bicyclic) bond motifs is 1. The molecule has 1 saturated heterocycles. The van der Waals surface area contributed by atoms with E-state index in [0.717, 1.165) is 5.56 Å². The lowest BCUT2D eigenvalue weighted by Gasteiger charge is -2.34. The van der Waals surface area contributed by atoms with Crippen LogP contribution < -0.4 is 5.73 Å². The number of aromatic nitrogens is 2. The van der Waals surface area contributed by atoms with Gasteiger partial charge in [0.05, 0.1) is 17.3 Å². The van der Waals surface area contributed by atoms with Gasteiger partial charge in [-0.05, 0) is 36.4 Å². The highest BCUT2D eigenvalue weighted by molar-refractivity contribution is 6.04. The molecule has 3 amide bonds. The Morgan fingerprint density at radius 1 is 0.879 bits per heavy atom. The summed E-state index contributed by atoms with van der Waals surface area (Å²) in [6.07, 6.45) is 1.47. The third-order valence-corrected chi connectivity index (χ3v) is 5.77. The van der Waals surface area contributed by atoms with Gasteiger partial charge in [0, 0.05) is 37.3 Å². The predicted molar refractivity (Wildman–Crippen MR) is 121 cm³/mol. The fraction of sp³-hybridized carbons (Fsp3) is 0.167. The first-order valence-corrected chi connectivity index (χ1v) is 10.5. The summed E-state index contributed by atoms with van der Waals surface area (Å²) in [5.74, 6) is 0.0984. The van der Waals surface area contributed by atoms with Crippen LogP contribution in [0.3, 0.4) is 0 Å². The van der Waals surface area contributed by atoms with E-state index in [4.69, 9.17) is 10.2 Å². The number of amides is 3. The van der Waals surface area contributed by atoms with Crippen LogP contribution in [0.4, 0.5) is 0 Å². The lowest BCUT2D eigenvalue weighted by atomic mass is 10.1. The number of primary amides is 1. The predicted octanol–water partition coefficient (Wildman–Crippen LogP) is 2.52. The third kappa shape index (κ3) is 3.84. The normalized spacial score (nSPS) is 13.9. The molecule has 0 spiro atoms. The summed E-state index contributed by atoms with van der Waals surface area (Å²) in [6, 6.07) is 15.6. The number of furan rings is 1. The summed E-state index contributed by atoms with van der Waals surface area (Å²) < 4.78 is 5.17. The van der Waals surface area contributed by atoms with E-state index in [1.54, 1.807) is 46.2 Å². The fourth-order valence-electron chi connectivity index (χ4n) is 3.99. The molecule has 0 aliphatic carbocycles. The molecule has 0 bridgehead atoms. The number of nitrogens with zero attached hydrogens (tertiary/aromatic N) is 3. The largest absolute Gasteiger partial charge is 0.459 e. The van der Waals surface area contributed by atoms with Gasteiger partial charge < -0.3 is 24.9 Å². The van der Waals surface area contributed by atoms with Crippen molar-refractivity contribution in [2.45, 2.75) is 0 Å². The highest BCUT2D eigenvalue weighted by atomic mass is 16.3. The molecule has 0 radical (unpaired) electrons. The average molecular weight is 443 g/mol. The Hall–Kier alpha value is -4.40. The second-order valence-electron chi connectivity index (χ2n) is 7.79. The minimum atomic E-state index is -0.537. The number of nitrogens with one attached hydrogen (secondary N) is 1. The third-order valence-electron chi connectivity index (χ3n) is 5.77. The maximum atomic E-state index is 12.9. The van der Waals surface area contributed by atoms with Crippen molar-refractivity contribution >= 4 is 28.8 Å². The van der Waals surface area contributed by atoms with E-state index in [9.17, 15) is 14.4 Å². The van der Waals surface area contributed by atoms with Crippen LogP contribution in [0.2, 0.25) is 0 Å². The molecule has 0 unspecified atom stereocenters. The van der Waals surface area contributed by atoms with Gasteiger partial charge in [0.25, 0.3) is 17.7 Å². The number of piperazine rings is 1. The van der Waals surface area contributed by atoms with Gasteiger partial charge in [-0.25, -0.2) is 4.98 Å². The van der Waals surface area contributed by atoms with Crippen LogP contribution in [-0.2, 0) is 0 Å². The maximum Gasteiger partial charge on any atom is 0.289 e. The van der Waals surface area contributed by atoms with Gasteiger partial charge in [-0.3, -0.25) is 14.4 Å². The van der Waals surface area contributed by atoms with Crippen LogP contribution in [0.15, 0.2) is 65.3 Å². The van der Waals surface area contributed by atoms with Crippen LogP contribution in [0.25, 0.3) is 22.4 Å². The molecule has 166 valence electrons. The molecule has 0 saturated carbocycles. The van der Waals surface area contributed by atoms with E-state index in [-0.39, 0.29) is 11.8 Å². The van der Waals surface area contributed by atoms with Crippen molar-refractivity contribution in [2.75, 3.05) is 26.2 Å². The fourth-order valence-corrected chi connectivity index (χ4v) is 3.99. The Morgan fingerprint density at radius 2 is 1.58 bits per heavy atom. The molecule has 2 aromatic carbocycles. The van der Waals surface area contributed by atoms with Crippen LogP contribution in [-0.4, -0.2) is 63.7 Å². The van der Waals surface area contributed by atoms with Crippen molar-refractivity contribution in [3.8, 4) is 11.4 Å². The zero-order valence-electron chi connectivity index (χ0n) is 17.7. The Labute approximate surface area is 188 Å². The molecular weight excluding hydrogens is 422 g/mol. The number of hydrogen-bond acceptors (Lipinski definition) is 5. The zero-order valence-corrected chi connectivity index (χ0v) is 17.7. The van der Waals surface area contributed by atoms with Crippen molar-refractivity contribution in [3.63, 3.8) is 0 Å². The average Bonchev–Trinajstić information content (AvgIpc) is 3.53. The van der Waals surface area contributed by atoms with Gasteiger partial charge in [0.2, 0.25) is 0 Å². The number of hydrogen-bond donors (Lipinski definition) is 2. The standard InChI is InChI=1S/C24H21N5O4/c25-21(30)17-3-1-4-18-20(17)27-22(26-18)15-6-8-16(9-7-15)23(31)28-10-12-29(13-11-28)24(32)19-5-2-14-33-19/h1-9,14H,10-13H2,(H2,25,30)(H,26,27). The monoisotopic (exact) mass is 443 g/mol. The summed E-state index contributed by atoms with van der Waals surface area (Å²) in [5.41, 5.74) is 8.36. The molecule has 0 atom stereocenters. The summed E-state index contributed by atoms with van der Waals surface area (Å²) in [7, 11) is 0. The van der Waals surface area contributed by atoms with E-state index >= 15 is 0 Å². The van der Waals surface area contributed by atoms with Crippen LogP contribution in [0.5, 0.6) is 0 Å². The van der Waals surface area contributed by atoms with Crippen molar-refractivity contribution in [1.82, 2.24) is 19.8 Å². The van der Waals surface area contributed by atoms with E-state index in [2.05, 4.69) is 9.97 Å². The van der Waals surface area contributed by atoms with Crippen LogP contribution in [0.1, 0.15) is 31.3 Å². The van der Waals surface area contributed by atoms with Crippen molar-refractivity contribution in [2.24, 2.45) is 5.73 Å². The number of benzene rings is 2. The van der Waals surface area contributed by atoms with E-state index in [0.29, 0.717) is 59.9 Å². The topological polar surface area (TPSA) is 126 Å². The highest BCUT2D eigenvalue weighted by Crippen LogP contribution is 2.23. The van der Waals surface area contributed by atoms with Crippen molar-refractivity contribution < 1.29 is 18.8 Å².